The van der Waals surface area contributed by atoms with Crippen molar-refractivity contribution in [3.05, 3.63) is 0 Å². The monoisotopic (exact) mass is 200 g/mol. The third-order valence-corrected chi connectivity index (χ3v) is 1.97. The van der Waals surface area contributed by atoms with Crippen LogP contribution in [0.4, 0.5) is 4.79 Å². The van der Waals surface area contributed by atoms with Crippen molar-refractivity contribution < 1.29 is 4.79 Å². The van der Waals surface area contributed by atoms with Gasteiger partial charge in [-0.05, 0) is 19.8 Å². The van der Waals surface area contributed by atoms with Crippen LogP contribution in [0.25, 0.3) is 0 Å². The van der Waals surface area contributed by atoms with E-state index in [0.29, 0.717) is 19.5 Å². The molecule has 0 saturated heterocycles. The number of nitrogens with one attached hydrogen (secondary N) is 2. The maximum atomic E-state index is 11.2. The first-order chi connectivity index (χ1) is 6.57. The second-order valence-electron chi connectivity index (χ2n) is 3.23. The van der Waals surface area contributed by atoms with Crippen LogP contribution in [0.15, 0.2) is 0 Å². The molecule has 5 nitrogen and oxygen atoms in total. The number of rotatable bonds is 6. The van der Waals surface area contributed by atoms with Crippen LogP contribution < -0.4 is 11.1 Å². The number of hydrogen-bond acceptors (Lipinski definition) is 2. The smallest absolute Gasteiger partial charge is 0.317 e. The first-order valence-electron chi connectivity index (χ1n) is 4.89. The Morgan fingerprint density at radius 1 is 1.50 bits per heavy atom. The second-order valence-corrected chi connectivity index (χ2v) is 3.23. The molecular formula is C9H20N4O. The number of unbranched alkanes of at least 4 members (excludes halogenated alkanes) is 1. The Kier molecular flexibility index (Phi) is 6.53. The van der Waals surface area contributed by atoms with E-state index in [1.807, 2.05) is 6.92 Å². The van der Waals surface area contributed by atoms with E-state index < -0.39 is 0 Å². The van der Waals surface area contributed by atoms with Crippen molar-refractivity contribution in [1.29, 1.82) is 5.41 Å². The van der Waals surface area contributed by atoms with Gasteiger partial charge in [-0.3, -0.25) is 5.41 Å². The van der Waals surface area contributed by atoms with E-state index in [0.717, 1.165) is 12.8 Å². The molecule has 5 heteroatoms. The highest BCUT2D eigenvalue weighted by Gasteiger charge is 2.03. The topological polar surface area (TPSA) is 82.2 Å². The zero-order valence-corrected chi connectivity index (χ0v) is 8.97. The van der Waals surface area contributed by atoms with E-state index in [9.17, 15) is 4.79 Å². The molecule has 0 aromatic heterocycles. The van der Waals surface area contributed by atoms with E-state index >= 15 is 0 Å². The maximum absolute atomic E-state index is 11.2. The van der Waals surface area contributed by atoms with Crippen molar-refractivity contribution in [3.8, 4) is 0 Å². The number of carbonyl (C=O) groups excluding carboxylic acids is 1. The van der Waals surface area contributed by atoms with E-state index in [1.165, 1.54) is 0 Å². The molecule has 4 N–H and O–H groups in total. The summed E-state index contributed by atoms with van der Waals surface area (Å²) >= 11 is 0. The summed E-state index contributed by atoms with van der Waals surface area (Å²) in [5.41, 5.74) is 5.19. The minimum absolute atomic E-state index is 0.0460. The van der Waals surface area contributed by atoms with Crippen molar-refractivity contribution in [2.45, 2.75) is 26.2 Å². The molecule has 0 bridgehead atoms. The minimum Gasteiger partial charge on any atom is -0.388 e. The Morgan fingerprint density at radius 2 is 2.14 bits per heavy atom. The maximum Gasteiger partial charge on any atom is 0.317 e. The van der Waals surface area contributed by atoms with Gasteiger partial charge in [-0.15, -0.1) is 0 Å². The molecular weight excluding hydrogens is 180 g/mol. The van der Waals surface area contributed by atoms with Crippen LogP contribution in [0, 0.1) is 5.41 Å². The molecule has 0 radical (unpaired) electrons. The number of urea groups is 1. The molecule has 0 saturated carbocycles. The summed E-state index contributed by atoms with van der Waals surface area (Å²) in [6, 6.07) is -0.0460. The Labute approximate surface area is 85.2 Å². The number of amidine groups is 1. The second kappa shape index (κ2) is 7.17. The summed E-state index contributed by atoms with van der Waals surface area (Å²) in [4.78, 5) is 12.8. The molecule has 0 unspecified atom stereocenters. The number of carbonyl (C=O) groups is 1. The normalized spacial score (nSPS) is 9.57. The summed E-state index contributed by atoms with van der Waals surface area (Å²) in [7, 11) is 1.75. The number of nitrogens with zero attached hydrogens (tertiary/aromatic N) is 1. The average molecular weight is 200 g/mol. The third-order valence-electron chi connectivity index (χ3n) is 1.97. The molecule has 0 aliphatic heterocycles. The predicted molar refractivity (Wildman–Crippen MR) is 57.5 cm³/mol. The van der Waals surface area contributed by atoms with Gasteiger partial charge in [0.15, 0.2) is 0 Å². The molecule has 2 amide bonds. The van der Waals surface area contributed by atoms with Crippen LogP contribution in [0.3, 0.4) is 0 Å². The Hall–Kier alpha value is -1.26. The molecule has 0 heterocycles. The Morgan fingerprint density at radius 3 is 2.64 bits per heavy atom. The Balaban J connectivity index is 3.36. The van der Waals surface area contributed by atoms with Gasteiger partial charge in [-0.25, -0.2) is 4.79 Å². The van der Waals surface area contributed by atoms with Gasteiger partial charge in [0, 0.05) is 26.6 Å². The highest BCUT2D eigenvalue weighted by Crippen LogP contribution is 1.93. The molecule has 14 heavy (non-hydrogen) atoms. The predicted octanol–water partition coefficient (Wildman–Crippen LogP) is 0.754. The Bertz CT molecular complexity index is 193. The summed E-state index contributed by atoms with van der Waals surface area (Å²) in [6.45, 7) is 3.28. The van der Waals surface area contributed by atoms with E-state index in [2.05, 4.69) is 5.32 Å². The van der Waals surface area contributed by atoms with Gasteiger partial charge in [0.05, 0.1) is 5.84 Å². The van der Waals surface area contributed by atoms with Crippen LogP contribution in [0.2, 0.25) is 0 Å². The molecule has 0 aliphatic carbocycles. The first kappa shape index (κ1) is 12.7. The molecule has 0 spiro atoms. The molecule has 0 aliphatic rings. The van der Waals surface area contributed by atoms with E-state index in [4.69, 9.17) is 11.1 Å². The fourth-order valence-corrected chi connectivity index (χ4v) is 0.914. The summed E-state index contributed by atoms with van der Waals surface area (Å²) in [6.07, 6.45) is 2.33. The minimum atomic E-state index is -0.0460. The van der Waals surface area contributed by atoms with E-state index in [-0.39, 0.29) is 11.9 Å². The quantitative estimate of drug-likeness (QED) is 0.336. The number of amides is 2. The van der Waals surface area contributed by atoms with Crippen LogP contribution in [-0.2, 0) is 0 Å². The number of nitrogens with two attached hydrogens (primary N) is 1. The van der Waals surface area contributed by atoms with Crippen molar-refractivity contribution >= 4 is 11.9 Å². The van der Waals surface area contributed by atoms with Crippen molar-refractivity contribution in [2.75, 3.05) is 20.1 Å². The third kappa shape index (κ3) is 6.28. The summed E-state index contributed by atoms with van der Waals surface area (Å²) < 4.78 is 0. The van der Waals surface area contributed by atoms with Gasteiger partial charge < -0.3 is 16.0 Å². The van der Waals surface area contributed by atoms with Crippen LogP contribution in [-0.4, -0.2) is 36.9 Å². The van der Waals surface area contributed by atoms with Crippen LogP contribution in [0.5, 0.6) is 0 Å². The molecule has 0 aromatic carbocycles. The van der Waals surface area contributed by atoms with Crippen molar-refractivity contribution in [2.24, 2.45) is 5.73 Å². The lowest BCUT2D eigenvalue weighted by molar-refractivity contribution is 0.211. The van der Waals surface area contributed by atoms with Crippen LogP contribution in [0.1, 0.15) is 26.2 Å². The van der Waals surface area contributed by atoms with Gasteiger partial charge in [-0.1, -0.05) is 0 Å². The lowest BCUT2D eigenvalue weighted by atomic mass is 10.2. The highest BCUT2D eigenvalue weighted by atomic mass is 16.2. The van der Waals surface area contributed by atoms with Gasteiger partial charge in [0.2, 0.25) is 0 Å². The number of hydrogen-bond donors (Lipinski definition) is 3. The van der Waals surface area contributed by atoms with Crippen molar-refractivity contribution in [3.63, 3.8) is 0 Å². The van der Waals surface area contributed by atoms with Gasteiger partial charge in [0.1, 0.15) is 0 Å². The summed E-state index contributed by atoms with van der Waals surface area (Å²) in [5, 5.41) is 9.78. The lowest BCUT2D eigenvalue weighted by Gasteiger charge is -2.15. The molecule has 0 aromatic rings. The van der Waals surface area contributed by atoms with Gasteiger partial charge in [0.25, 0.3) is 0 Å². The fourth-order valence-electron chi connectivity index (χ4n) is 0.914. The average Bonchev–Trinajstić information content (AvgIpc) is 2.15. The molecule has 0 atom stereocenters. The van der Waals surface area contributed by atoms with Crippen molar-refractivity contribution in [1.82, 2.24) is 10.2 Å². The molecule has 82 valence electrons. The fraction of sp³-hybridized carbons (Fsp3) is 0.778. The zero-order valence-electron chi connectivity index (χ0n) is 8.97. The lowest BCUT2D eigenvalue weighted by Crippen LogP contribution is -2.37. The molecule has 0 rings (SSSR count). The van der Waals surface area contributed by atoms with E-state index in [1.54, 1.807) is 11.9 Å². The highest BCUT2D eigenvalue weighted by molar-refractivity contribution is 5.76. The SMILES string of the molecule is CCN(C)C(=O)NCCCCC(=N)N. The van der Waals surface area contributed by atoms with Gasteiger partial charge >= 0.3 is 6.03 Å². The standard InChI is InChI=1S/C9H20N4O/c1-3-13(2)9(14)12-7-5-4-6-8(10)11/h3-7H2,1-2H3,(H3,10,11)(H,12,14). The zero-order chi connectivity index (χ0) is 11.0. The largest absolute Gasteiger partial charge is 0.388 e. The summed E-state index contributed by atoms with van der Waals surface area (Å²) in [5.74, 6) is 0.210. The van der Waals surface area contributed by atoms with Gasteiger partial charge in [-0.2, -0.15) is 0 Å². The first-order valence-corrected chi connectivity index (χ1v) is 4.89. The van der Waals surface area contributed by atoms with Crippen LogP contribution >= 0.6 is 0 Å². The molecule has 0 fully saturated rings.